The number of esters is 2. The minimum Gasteiger partial charge on any atom is -0.393 e. The number of para-hydroxylation sites is 1. The first-order chi connectivity index (χ1) is 12.7. The number of cyclic esters (lactones) is 2. The molecule has 0 unspecified atom stereocenters. The first-order valence-corrected chi connectivity index (χ1v) is 9.41. The summed E-state index contributed by atoms with van der Waals surface area (Å²) in [4.78, 5) is 25.0. The van der Waals surface area contributed by atoms with Gasteiger partial charge in [-0.15, -0.1) is 0 Å². The Labute approximate surface area is 149 Å². The van der Waals surface area contributed by atoms with E-state index in [2.05, 4.69) is 34.5 Å². The van der Waals surface area contributed by atoms with Crippen LogP contribution in [0.2, 0.25) is 0 Å². The van der Waals surface area contributed by atoms with Gasteiger partial charge in [-0.25, -0.2) is 5.01 Å². The SMILES string of the molecule is O=C1OC(=O)[C@@H]2[C@@H]1[C@H]1C[C@H]2[C@]23[C@H]4C=C[C@@H](C4)[C@]12N=NN3c1ccccc1. The molecule has 6 nitrogen and oxygen atoms in total. The van der Waals surface area contributed by atoms with Gasteiger partial charge in [-0.2, -0.15) is 5.11 Å². The number of nitrogens with zero attached hydrogens (tertiary/aromatic N) is 3. The molecule has 0 aromatic heterocycles. The Morgan fingerprint density at radius 1 is 0.962 bits per heavy atom. The van der Waals surface area contributed by atoms with E-state index >= 15 is 0 Å². The average Bonchev–Trinajstić information content (AvgIpc) is 3.43. The molecule has 0 spiro atoms. The van der Waals surface area contributed by atoms with Gasteiger partial charge in [0.15, 0.2) is 0 Å². The standard InChI is InChI=1S/C20H17N3O3/c24-17-15-13-9-14(16(15)18(25)26-17)20-11-7-6-10(8-11)19(13,20)21-22-23(20)12-4-2-1-3-5-12/h1-7,10-11,13-16H,8-9H2/t10-,11-,13+,14+,15-,16-,19-,20+/m0/s1. The topological polar surface area (TPSA) is 71.3 Å². The van der Waals surface area contributed by atoms with Crippen LogP contribution in [0.25, 0.3) is 0 Å². The van der Waals surface area contributed by atoms with E-state index in [4.69, 9.17) is 9.85 Å². The minimum absolute atomic E-state index is 0.0499. The molecular formula is C20H17N3O3. The Hall–Kier alpha value is -2.50. The fourth-order valence-corrected chi connectivity index (χ4v) is 7.66. The number of ether oxygens (including phenoxy) is 1. The van der Waals surface area contributed by atoms with Crippen LogP contribution in [0, 0.1) is 35.5 Å². The number of benzene rings is 1. The summed E-state index contributed by atoms with van der Waals surface area (Å²) in [6.07, 6.45) is 6.48. The van der Waals surface area contributed by atoms with Crippen molar-refractivity contribution in [3.8, 4) is 0 Å². The molecule has 4 aliphatic carbocycles. The van der Waals surface area contributed by atoms with Gasteiger partial charge in [0, 0.05) is 23.7 Å². The predicted molar refractivity (Wildman–Crippen MR) is 89.7 cm³/mol. The largest absolute Gasteiger partial charge is 0.393 e. The summed E-state index contributed by atoms with van der Waals surface area (Å²) in [6.45, 7) is 0. The van der Waals surface area contributed by atoms with Crippen molar-refractivity contribution >= 4 is 17.6 Å². The summed E-state index contributed by atoms with van der Waals surface area (Å²) in [7, 11) is 0. The molecule has 4 fully saturated rings. The van der Waals surface area contributed by atoms with Crippen LogP contribution in [0.1, 0.15) is 12.8 Å². The molecule has 0 amide bonds. The van der Waals surface area contributed by atoms with Crippen molar-refractivity contribution in [2.75, 3.05) is 5.01 Å². The molecule has 6 aliphatic rings. The van der Waals surface area contributed by atoms with E-state index < -0.39 is 5.54 Å². The molecule has 1 aromatic rings. The predicted octanol–water partition coefficient (Wildman–Crippen LogP) is 2.52. The summed E-state index contributed by atoms with van der Waals surface area (Å²) in [5.74, 6) is -0.615. The number of hydrogen-bond donors (Lipinski definition) is 0. The first-order valence-electron chi connectivity index (χ1n) is 9.41. The third-order valence-electron chi connectivity index (χ3n) is 8.14. The molecular weight excluding hydrogens is 330 g/mol. The van der Waals surface area contributed by atoms with Crippen LogP contribution < -0.4 is 5.01 Å². The normalized spacial score (nSPS) is 51.2. The smallest absolute Gasteiger partial charge is 0.317 e. The van der Waals surface area contributed by atoms with Crippen molar-refractivity contribution in [2.45, 2.75) is 23.9 Å². The van der Waals surface area contributed by atoms with Crippen LogP contribution >= 0.6 is 0 Å². The number of carbonyl (C=O) groups excluding carboxylic acids is 2. The molecule has 2 aliphatic heterocycles. The van der Waals surface area contributed by atoms with Crippen LogP contribution in [0.5, 0.6) is 0 Å². The first kappa shape index (κ1) is 13.7. The van der Waals surface area contributed by atoms with Gasteiger partial charge < -0.3 is 4.74 Å². The van der Waals surface area contributed by atoms with Crippen molar-refractivity contribution in [3.63, 3.8) is 0 Å². The third kappa shape index (κ3) is 1.08. The third-order valence-corrected chi connectivity index (χ3v) is 8.14. The Bertz CT molecular complexity index is 943. The molecule has 26 heavy (non-hydrogen) atoms. The van der Waals surface area contributed by atoms with Crippen LogP contribution in [0.15, 0.2) is 52.8 Å². The molecule has 8 atom stereocenters. The van der Waals surface area contributed by atoms with Crippen LogP contribution in [0.3, 0.4) is 0 Å². The highest BCUT2D eigenvalue weighted by Gasteiger charge is 2.88. The summed E-state index contributed by atoms with van der Waals surface area (Å²) in [6, 6.07) is 10.1. The molecule has 6 heteroatoms. The van der Waals surface area contributed by atoms with Gasteiger partial charge in [0.2, 0.25) is 0 Å². The van der Waals surface area contributed by atoms with Gasteiger partial charge in [-0.05, 0) is 25.0 Å². The highest BCUT2D eigenvalue weighted by atomic mass is 16.6. The Morgan fingerprint density at radius 2 is 1.69 bits per heavy atom. The Morgan fingerprint density at radius 3 is 2.50 bits per heavy atom. The second-order valence-electron chi connectivity index (χ2n) is 8.56. The number of carbonyl (C=O) groups is 2. The highest BCUT2D eigenvalue weighted by Crippen LogP contribution is 2.78. The number of hydrogen-bond acceptors (Lipinski definition) is 6. The zero-order chi connectivity index (χ0) is 17.3. The summed E-state index contributed by atoms with van der Waals surface area (Å²) in [5.41, 5.74) is 0.293. The van der Waals surface area contributed by atoms with E-state index in [0.29, 0.717) is 11.8 Å². The van der Waals surface area contributed by atoms with Gasteiger partial charge in [0.25, 0.3) is 0 Å². The van der Waals surface area contributed by atoms with Gasteiger partial charge in [0.05, 0.1) is 17.5 Å². The molecule has 4 bridgehead atoms. The van der Waals surface area contributed by atoms with Crippen LogP contribution in [-0.2, 0) is 14.3 Å². The minimum atomic E-state index is -0.391. The monoisotopic (exact) mass is 347 g/mol. The summed E-state index contributed by atoms with van der Waals surface area (Å²) in [5, 5.41) is 11.7. The maximum atomic E-state index is 12.5. The van der Waals surface area contributed by atoms with E-state index in [1.165, 1.54) is 0 Å². The average molecular weight is 347 g/mol. The van der Waals surface area contributed by atoms with Crippen molar-refractivity contribution < 1.29 is 14.3 Å². The fourth-order valence-electron chi connectivity index (χ4n) is 7.66. The maximum Gasteiger partial charge on any atom is 0.317 e. The number of fused-ring (bicyclic) bond motifs is 7. The Kier molecular flexibility index (Phi) is 2.06. The van der Waals surface area contributed by atoms with Gasteiger partial charge >= 0.3 is 11.9 Å². The number of anilines is 1. The highest BCUT2D eigenvalue weighted by molar-refractivity contribution is 5.98. The lowest BCUT2D eigenvalue weighted by molar-refractivity contribution is -0.154. The molecule has 3 saturated carbocycles. The number of rotatable bonds is 1. The van der Waals surface area contributed by atoms with E-state index in [-0.39, 0.29) is 41.1 Å². The van der Waals surface area contributed by atoms with Gasteiger partial charge in [-0.1, -0.05) is 35.6 Å². The maximum absolute atomic E-state index is 12.5. The van der Waals surface area contributed by atoms with Crippen molar-refractivity contribution in [1.82, 2.24) is 0 Å². The second-order valence-corrected chi connectivity index (χ2v) is 8.56. The zero-order valence-electron chi connectivity index (χ0n) is 14.0. The molecule has 0 radical (unpaired) electrons. The second kappa shape index (κ2) is 3.92. The molecule has 130 valence electrons. The van der Waals surface area contributed by atoms with E-state index in [1.54, 1.807) is 0 Å². The summed E-state index contributed by atoms with van der Waals surface area (Å²) < 4.78 is 5.08. The molecule has 7 rings (SSSR count). The van der Waals surface area contributed by atoms with Crippen molar-refractivity contribution in [1.29, 1.82) is 0 Å². The molecule has 1 saturated heterocycles. The quantitative estimate of drug-likeness (QED) is 0.445. The lowest BCUT2D eigenvalue weighted by atomic mass is 9.56. The van der Waals surface area contributed by atoms with Gasteiger partial charge in [-0.3, -0.25) is 9.59 Å². The lowest BCUT2D eigenvalue weighted by Gasteiger charge is -2.52. The van der Waals surface area contributed by atoms with Crippen molar-refractivity contribution in [3.05, 3.63) is 42.5 Å². The summed E-state index contributed by atoms with van der Waals surface area (Å²) >= 11 is 0. The zero-order valence-corrected chi connectivity index (χ0v) is 14.0. The lowest BCUT2D eigenvalue weighted by Crippen LogP contribution is -2.67. The fraction of sp³-hybridized carbons (Fsp3) is 0.500. The molecule has 0 N–H and O–H groups in total. The molecule has 1 aromatic carbocycles. The van der Waals surface area contributed by atoms with E-state index in [9.17, 15) is 9.59 Å². The molecule has 2 heterocycles. The van der Waals surface area contributed by atoms with Crippen molar-refractivity contribution in [2.24, 2.45) is 45.8 Å². The van der Waals surface area contributed by atoms with Crippen LogP contribution in [-0.4, -0.2) is 23.0 Å². The van der Waals surface area contributed by atoms with E-state index in [0.717, 1.165) is 18.5 Å². The van der Waals surface area contributed by atoms with E-state index in [1.807, 2.05) is 18.2 Å². The van der Waals surface area contributed by atoms with Crippen LogP contribution in [0.4, 0.5) is 5.69 Å². The Balaban J connectivity index is 1.50. The van der Waals surface area contributed by atoms with Gasteiger partial charge in [0.1, 0.15) is 11.1 Å².